The van der Waals surface area contributed by atoms with E-state index in [0.717, 1.165) is 89.9 Å². The Balaban J connectivity index is 1.97. The van der Waals surface area contributed by atoms with Gasteiger partial charge in [0.1, 0.15) is 49.0 Å². The Labute approximate surface area is 351 Å². The van der Waals surface area contributed by atoms with Crippen LogP contribution in [0, 0.1) is 0 Å². The van der Waals surface area contributed by atoms with E-state index in [1.165, 1.54) is 0 Å². The van der Waals surface area contributed by atoms with Gasteiger partial charge in [0.15, 0.2) is 18.2 Å². The van der Waals surface area contributed by atoms with Gasteiger partial charge in [0.05, 0.1) is 25.9 Å². The number of hydrogen-bond acceptors (Lipinski definition) is 13. The molecule has 1 N–H and O–H groups in total. The second kappa shape index (κ2) is 31.7. The van der Waals surface area contributed by atoms with Crippen molar-refractivity contribution in [3.05, 3.63) is 12.0 Å². The van der Waals surface area contributed by atoms with Crippen molar-refractivity contribution in [3.8, 4) is 0 Å². The molecule has 2 saturated heterocycles. The fourth-order valence-corrected chi connectivity index (χ4v) is 6.97. The Morgan fingerprint density at radius 1 is 0.552 bits per heavy atom. The highest BCUT2D eigenvalue weighted by Crippen LogP contribution is 2.34. The molecule has 3 aliphatic rings. The predicted molar refractivity (Wildman–Crippen MR) is 223 cm³/mol. The summed E-state index contributed by atoms with van der Waals surface area (Å²) < 4.78 is 77.8. The second-order valence-corrected chi connectivity index (χ2v) is 15.8. The minimum Gasteiger partial charge on any atom is -0.492 e. The molecule has 342 valence electrons. The maximum atomic E-state index is 12.0. The Bertz CT molecular complexity index is 1020. The van der Waals surface area contributed by atoms with Gasteiger partial charge in [-0.25, -0.2) is 0 Å². The van der Waals surface area contributed by atoms with Crippen LogP contribution in [0.15, 0.2) is 12.0 Å². The van der Waals surface area contributed by atoms with Crippen LogP contribution in [-0.4, -0.2) is 139 Å². The highest BCUT2D eigenvalue weighted by molar-refractivity contribution is 5.06. The molecule has 0 radical (unpaired) electrons. The molecule has 0 aliphatic carbocycles. The van der Waals surface area contributed by atoms with E-state index in [-0.39, 0.29) is 6.61 Å². The van der Waals surface area contributed by atoms with Crippen molar-refractivity contribution in [3.63, 3.8) is 0 Å². The fourth-order valence-electron chi connectivity index (χ4n) is 6.97. The molecule has 3 heterocycles. The quantitative estimate of drug-likeness (QED) is 0.0629. The van der Waals surface area contributed by atoms with Crippen molar-refractivity contribution in [1.29, 1.82) is 0 Å². The van der Waals surface area contributed by atoms with Gasteiger partial charge in [-0.15, -0.1) is 0 Å². The molecule has 13 heteroatoms. The number of ether oxygens (including phenoxy) is 12. The number of aliphatic hydroxyl groups is 1. The van der Waals surface area contributed by atoms with Crippen LogP contribution in [0.3, 0.4) is 0 Å². The zero-order valence-electron chi connectivity index (χ0n) is 37.5. The molecule has 58 heavy (non-hydrogen) atoms. The highest BCUT2D eigenvalue weighted by atomic mass is 16.8. The van der Waals surface area contributed by atoms with Crippen molar-refractivity contribution >= 4 is 0 Å². The summed E-state index contributed by atoms with van der Waals surface area (Å²) in [6, 6.07) is 0. The summed E-state index contributed by atoms with van der Waals surface area (Å²) in [7, 11) is 0. The van der Waals surface area contributed by atoms with E-state index in [9.17, 15) is 5.11 Å². The van der Waals surface area contributed by atoms with Crippen molar-refractivity contribution in [2.75, 3.05) is 66.1 Å². The molecule has 0 saturated carbocycles. The van der Waals surface area contributed by atoms with Gasteiger partial charge in [-0.1, -0.05) is 93.4 Å². The molecule has 0 aromatic carbocycles. The smallest absolute Gasteiger partial charge is 0.229 e. The monoisotopic (exact) mass is 833 g/mol. The Kier molecular flexibility index (Phi) is 28.0. The lowest BCUT2D eigenvalue weighted by Crippen LogP contribution is -2.63. The van der Waals surface area contributed by atoms with Crippen LogP contribution in [0.1, 0.15) is 145 Å². The van der Waals surface area contributed by atoms with Gasteiger partial charge in [0, 0.05) is 46.2 Å². The largest absolute Gasteiger partial charge is 0.492 e. The summed E-state index contributed by atoms with van der Waals surface area (Å²) in [5, 5.41) is 12.0. The minimum atomic E-state index is -1.00. The molecular weight excluding hydrogens is 748 g/mol. The third-order valence-corrected chi connectivity index (χ3v) is 10.7. The third kappa shape index (κ3) is 17.7. The van der Waals surface area contributed by atoms with Gasteiger partial charge < -0.3 is 61.9 Å². The van der Waals surface area contributed by atoms with Crippen LogP contribution in [-0.2, 0) is 56.8 Å². The topological polar surface area (TPSA) is 131 Å². The van der Waals surface area contributed by atoms with E-state index in [4.69, 9.17) is 56.8 Å². The molecule has 11 atom stereocenters. The Hall–Kier alpha value is -1.10. The summed E-state index contributed by atoms with van der Waals surface area (Å²) >= 11 is 0. The molecule has 3 aliphatic heterocycles. The highest BCUT2D eigenvalue weighted by Gasteiger charge is 2.51. The van der Waals surface area contributed by atoms with Crippen LogP contribution in [0.5, 0.6) is 0 Å². The molecule has 3 rings (SSSR count). The molecule has 0 bridgehead atoms. The molecule has 2 fully saturated rings. The molecule has 11 unspecified atom stereocenters. The number of hydrogen-bond donors (Lipinski definition) is 1. The SMILES string of the molecule is CCCCOCC1OCCC(OC2OC(COCCCC)C(OCCCC)C(O)C2OCCCC)C1OC1OC=C(OCCCC)C(OCCCC)C1OCCCC. The van der Waals surface area contributed by atoms with Gasteiger partial charge in [0.2, 0.25) is 6.29 Å². The normalized spacial score (nSPS) is 30.3. The van der Waals surface area contributed by atoms with E-state index < -0.39 is 67.5 Å². The van der Waals surface area contributed by atoms with E-state index in [1.54, 1.807) is 6.26 Å². The summed E-state index contributed by atoms with van der Waals surface area (Å²) in [5.41, 5.74) is 0. The first-order chi connectivity index (χ1) is 28.5. The lowest BCUT2D eigenvalue weighted by molar-refractivity contribution is -0.349. The minimum absolute atomic E-state index is 0.262. The van der Waals surface area contributed by atoms with Gasteiger partial charge in [-0.2, -0.15) is 0 Å². The molecular formula is C45H84O13. The summed E-state index contributed by atoms with van der Waals surface area (Å²) in [5.74, 6) is 0.609. The van der Waals surface area contributed by atoms with Gasteiger partial charge in [0.25, 0.3) is 0 Å². The molecule has 13 nitrogen and oxygen atoms in total. The molecule has 0 aromatic rings. The number of rotatable bonds is 34. The van der Waals surface area contributed by atoms with Gasteiger partial charge in [-0.05, 0) is 51.4 Å². The zero-order chi connectivity index (χ0) is 41.8. The van der Waals surface area contributed by atoms with E-state index in [2.05, 4.69) is 48.5 Å². The third-order valence-electron chi connectivity index (χ3n) is 10.7. The summed E-state index contributed by atoms with van der Waals surface area (Å²) in [6.07, 6.45) is 7.74. The first-order valence-electron chi connectivity index (χ1n) is 23.3. The van der Waals surface area contributed by atoms with Crippen molar-refractivity contribution in [1.82, 2.24) is 0 Å². The van der Waals surface area contributed by atoms with Gasteiger partial charge in [-0.3, -0.25) is 0 Å². The average Bonchev–Trinajstić information content (AvgIpc) is 3.22. The van der Waals surface area contributed by atoms with E-state index in [0.29, 0.717) is 71.6 Å². The Morgan fingerprint density at radius 2 is 1.07 bits per heavy atom. The molecule has 0 amide bonds. The average molecular weight is 833 g/mol. The van der Waals surface area contributed by atoms with E-state index >= 15 is 0 Å². The van der Waals surface area contributed by atoms with Crippen molar-refractivity contribution in [2.24, 2.45) is 0 Å². The molecule has 0 aromatic heterocycles. The van der Waals surface area contributed by atoms with Crippen LogP contribution >= 0.6 is 0 Å². The van der Waals surface area contributed by atoms with Crippen LogP contribution in [0.4, 0.5) is 0 Å². The standard InChI is InChI=1S/C45H84O13/c1-8-15-23-47-31-35-39(58-44-43(54-29-21-14-7)41(52-27-19-12-5)36(33-55-44)49-25-17-10-3)34(22-30-50-35)56-45-42(53-28-20-13-6)38(46)40(51-26-18-11-4)37(57-45)32-48-24-16-9-2/h33-35,37-46H,8-32H2,1-7H3. The first kappa shape index (κ1) is 51.3. The first-order valence-corrected chi connectivity index (χ1v) is 23.3. The summed E-state index contributed by atoms with van der Waals surface area (Å²) in [6.45, 7) is 19.7. The maximum Gasteiger partial charge on any atom is 0.229 e. The summed E-state index contributed by atoms with van der Waals surface area (Å²) in [4.78, 5) is 0. The number of aliphatic hydroxyl groups excluding tert-OH is 1. The van der Waals surface area contributed by atoms with Gasteiger partial charge >= 0.3 is 0 Å². The van der Waals surface area contributed by atoms with Crippen molar-refractivity contribution in [2.45, 2.75) is 212 Å². The maximum absolute atomic E-state index is 12.0. The van der Waals surface area contributed by atoms with E-state index in [1.807, 2.05) is 0 Å². The molecule has 0 spiro atoms. The van der Waals surface area contributed by atoms with Crippen LogP contribution in [0.2, 0.25) is 0 Å². The lowest BCUT2D eigenvalue weighted by atomic mass is 9.97. The van der Waals surface area contributed by atoms with Crippen LogP contribution < -0.4 is 0 Å². The zero-order valence-corrected chi connectivity index (χ0v) is 37.5. The lowest BCUT2D eigenvalue weighted by Gasteiger charge is -2.47. The second-order valence-electron chi connectivity index (χ2n) is 15.8. The predicted octanol–water partition coefficient (Wildman–Crippen LogP) is 8.02. The fraction of sp³-hybridized carbons (Fsp3) is 0.956. The van der Waals surface area contributed by atoms with Crippen LogP contribution in [0.25, 0.3) is 0 Å². The number of unbranched alkanes of at least 4 members (excludes halogenated alkanes) is 7. The Morgan fingerprint density at radius 3 is 1.67 bits per heavy atom. The van der Waals surface area contributed by atoms with Crippen molar-refractivity contribution < 1.29 is 61.9 Å².